The Morgan fingerprint density at radius 2 is 1.91 bits per heavy atom. The monoisotopic (exact) mass is 461 g/mol. The van der Waals surface area contributed by atoms with Crippen LogP contribution in [0.5, 0.6) is 0 Å². The average molecular weight is 463 g/mol. The number of thiophene rings is 1. The third-order valence-electron chi connectivity index (χ3n) is 2.81. The highest BCUT2D eigenvalue weighted by Gasteiger charge is 2.18. The first-order chi connectivity index (χ1) is 10.5. The first-order valence-corrected chi connectivity index (χ1v) is 9.90. The van der Waals surface area contributed by atoms with E-state index >= 15 is 0 Å². The Kier molecular flexibility index (Phi) is 4.40. The molecule has 3 aromatic rings. The quantitative estimate of drug-likeness (QED) is 0.629. The number of halogens is 2. The van der Waals surface area contributed by atoms with Gasteiger partial charge in [0.2, 0.25) is 0 Å². The van der Waals surface area contributed by atoms with Crippen molar-refractivity contribution < 1.29 is 8.42 Å². The lowest BCUT2D eigenvalue weighted by Gasteiger charge is -2.07. The molecule has 5 nitrogen and oxygen atoms in total. The van der Waals surface area contributed by atoms with E-state index < -0.39 is 10.0 Å². The molecule has 0 aliphatic carbocycles. The largest absolute Gasteiger partial charge is 0.306 e. The van der Waals surface area contributed by atoms with E-state index in [1.165, 1.54) is 0 Å². The number of benzene rings is 1. The molecule has 9 heteroatoms. The summed E-state index contributed by atoms with van der Waals surface area (Å²) in [6.45, 7) is 0. The molecule has 1 N–H and O–H groups in total. The topological polar surface area (TPSA) is 64.0 Å². The summed E-state index contributed by atoms with van der Waals surface area (Å²) < 4.78 is 30.7. The molecule has 2 aromatic heterocycles. The van der Waals surface area contributed by atoms with Crippen LogP contribution in [0.15, 0.2) is 61.5 Å². The third kappa shape index (κ3) is 3.27. The number of hydrogen-bond acceptors (Lipinski definition) is 4. The lowest BCUT2D eigenvalue weighted by Crippen LogP contribution is -2.11. The minimum atomic E-state index is -3.59. The maximum absolute atomic E-state index is 12.3. The normalized spacial score (nSPS) is 11.5. The molecule has 0 saturated carbocycles. The van der Waals surface area contributed by atoms with E-state index in [4.69, 9.17) is 0 Å². The molecule has 0 amide bonds. The molecule has 0 radical (unpaired) electrons. The Balaban J connectivity index is 1.83. The molecule has 0 aliphatic rings. The van der Waals surface area contributed by atoms with E-state index in [1.807, 2.05) is 22.9 Å². The molecule has 0 bridgehead atoms. The highest BCUT2D eigenvalue weighted by atomic mass is 79.9. The fourth-order valence-corrected chi connectivity index (χ4v) is 5.66. The number of anilines is 1. The van der Waals surface area contributed by atoms with Crippen molar-refractivity contribution in [3.8, 4) is 5.69 Å². The number of nitrogens with zero attached hydrogens (tertiary/aromatic N) is 2. The summed E-state index contributed by atoms with van der Waals surface area (Å²) in [6, 6.07) is 8.63. The van der Waals surface area contributed by atoms with Gasteiger partial charge in [-0.15, -0.1) is 11.3 Å². The number of nitrogens with one attached hydrogen (secondary N) is 1. The Labute approximate surface area is 148 Å². The van der Waals surface area contributed by atoms with Crippen LogP contribution in [0.4, 0.5) is 5.69 Å². The number of rotatable bonds is 4. The smallest absolute Gasteiger partial charge is 0.271 e. The number of hydrogen-bond donors (Lipinski definition) is 1. The Morgan fingerprint density at radius 1 is 1.18 bits per heavy atom. The van der Waals surface area contributed by atoms with Gasteiger partial charge in [-0.25, -0.2) is 13.4 Å². The minimum absolute atomic E-state index is 0.241. The van der Waals surface area contributed by atoms with E-state index in [2.05, 4.69) is 41.6 Å². The average Bonchev–Trinajstić information content (AvgIpc) is 3.11. The molecular formula is C13H9Br2N3O2S2. The minimum Gasteiger partial charge on any atom is -0.306 e. The van der Waals surface area contributed by atoms with Crippen molar-refractivity contribution in [2.45, 2.75) is 4.21 Å². The standard InChI is InChI=1S/C13H9Br2N3O2S2/c14-11-7-12(21-13(11)15)22(19,20)17-9-1-3-10(4-2-9)18-6-5-16-8-18/h1-8,17H. The summed E-state index contributed by atoms with van der Waals surface area (Å²) in [4.78, 5) is 3.97. The molecule has 0 unspecified atom stereocenters. The van der Waals surface area contributed by atoms with Crippen LogP contribution in [0.2, 0.25) is 0 Å². The highest BCUT2D eigenvalue weighted by molar-refractivity contribution is 9.13. The second-order valence-corrected chi connectivity index (χ2v) is 9.44. The van der Waals surface area contributed by atoms with E-state index in [0.29, 0.717) is 10.2 Å². The Morgan fingerprint density at radius 3 is 2.45 bits per heavy atom. The molecule has 114 valence electrons. The molecule has 2 heterocycles. The van der Waals surface area contributed by atoms with Gasteiger partial charge in [-0.3, -0.25) is 4.72 Å². The zero-order valence-electron chi connectivity index (χ0n) is 10.9. The van der Waals surface area contributed by atoms with Crippen LogP contribution < -0.4 is 4.72 Å². The molecule has 1 aromatic carbocycles. The number of aromatic nitrogens is 2. The van der Waals surface area contributed by atoms with Gasteiger partial charge in [-0.1, -0.05) is 0 Å². The van der Waals surface area contributed by atoms with Crippen molar-refractivity contribution in [2.75, 3.05) is 4.72 Å². The molecule has 0 spiro atoms. The predicted molar refractivity (Wildman–Crippen MR) is 94.1 cm³/mol. The summed E-state index contributed by atoms with van der Waals surface area (Å²) in [5.74, 6) is 0. The lowest BCUT2D eigenvalue weighted by atomic mass is 10.3. The van der Waals surface area contributed by atoms with Gasteiger partial charge < -0.3 is 4.57 Å². The van der Waals surface area contributed by atoms with E-state index in [0.717, 1.165) is 20.8 Å². The van der Waals surface area contributed by atoms with Crippen molar-refractivity contribution in [2.24, 2.45) is 0 Å². The van der Waals surface area contributed by atoms with Crippen molar-refractivity contribution in [1.29, 1.82) is 0 Å². The van der Waals surface area contributed by atoms with E-state index in [9.17, 15) is 8.42 Å². The van der Waals surface area contributed by atoms with Gasteiger partial charge in [0.25, 0.3) is 10.0 Å². The second kappa shape index (κ2) is 6.15. The fourth-order valence-electron chi connectivity index (χ4n) is 1.78. The Bertz CT molecular complexity index is 869. The third-order valence-corrected chi connectivity index (χ3v) is 7.92. The van der Waals surface area contributed by atoms with Gasteiger partial charge in [0.1, 0.15) is 4.21 Å². The molecule has 0 saturated heterocycles. The maximum Gasteiger partial charge on any atom is 0.271 e. The van der Waals surface area contributed by atoms with Crippen molar-refractivity contribution in [1.82, 2.24) is 9.55 Å². The summed E-state index contributed by atoms with van der Waals surface area (Å²) in [6.07, 6.45) is 5.18. The first kappa shape index (κ1) is 15.7. The van der Waals surface area contributed by atoms with Gasteiger partial charge >= 0.3 is 0 Å². The zero-order valence-corrected chi connectivity index (χ0v) is 15.7. The molecule has 0 fully saturated rings. The first-order valence-electron chi connectivity index (χ1n) is 6.02. The summed E-state index contributed by atoms with van der Waals surface area (Å²) >= 11 is 7.73. The van der Waals surface area contributed by atoms with Gasteiger partial charge in [-0.05, 0) is 62.2 Å². The van der Waals surface area contributed by atoms with Crippen LogP contribution in [0, 0.1) is 0 Å². The lowest BCUT2D eigenvalue weighted by molar-refractivity contribution is 0.603. The molecular weight excluding hydrogens is 454 g/mol. The predicted octanol–water partition coefficient (Wildman–Crippen LogP) is 4.26. The van der Waals surface area contributed by atoms with Crippen molar-refractivity contribution in [3.63, 3.8) is 0 Å². The highest BCUT2D eigenvalue weighted by Crippen LogP contribution is 2.35. The van der Waals surface area contributed by atoms with Crippen LogP contribution in [0.1, 0.15) is 0 Å². The van der Waals surface area contributed by atoms with Crippen LogP contribution in [0.3, 0.4) is 0 Å². The summed E-state index contributed by atoms with van der Waals surface area (Å²) in [7, 11) is -3.59. The van der Waals surface area contributed by atoms with Gasteiger partial charge in [0.05, 0.1) is 10.1 Å². The zero-order chi connectivity index (χ0) is 15.7. The summed E-state index contributed by atoms with van der Waals surface area (Å²) in [5, 5.41) is 0. The van der Waals surface area contributed by atoms with Crippen molar-refractivity contribution in [3.05, 3.63) is 57.3 Å². The summed E-state index contributed by atoms with van der Waals surface area (Å²) in [5.41, 5.74) is 1.41. The van der Waals surface area contributed by atoms with Crippen molar-refractivity contribution >= 4 is 58.9 Å². The SMILES string of the molecule is O=S(=O)(Nc1ccc(-n2ccnc2)cc1)c1cc(Br)c(Br)s1. The van der Waals surface area contributed by atoms with Gasteiger partial charge in [0.15, 0.2) is 0 Å². The molecule has 0 atom stereocenters. The number of imidazole rings is 1. The fraction of sp³-hybridized carbons (Fsp3) is 0. The number of sulfonamides is 1. The van der Waals surface area contributed by atoms with Gasteiger partial charge in [0, 0.05) is 28.2 Å². The van der Waals surface area contributed by atoms with Crippen LogP contribution in [-0.4, -0.2) is 18.0 Å². The van der Waals surface area contributed by atoms with Crippen LogP contribution in [0.25, 0.3) is 5.69 Å². The maximum atomic E-state index is 12.3. The second-order valence-electron chi connectivity index (χ2n) is 4.31. The molecule has 22 heavy (non-hydrogen) atoms. The molecule has 0 aliphatic heterocycles. The van der Waals surface area contributed by atoms with E-state index in [-0.39, 0.29) is 4.21 Å². The van der Waals surface area contributed by atoms with Crippen LogP contribution >= 0.6 is 43.2 Å². The van der Waals surface area contributed by atoms with E-state index in [1.54, 1.807) is 30.7 Å². The molecule has 3 rings (SSSR count). The Hall–Kier alpha value is -1.16. The van der Waals surface area contributed by atoms with Gasteiger partial charge in [-0.2, -0.15) is 0 Å². The van der Waals surface area contributed by atoms with Crippen LogP contribution in [-0.2, 0) is 10.0 Å².